The van der Waals surface area contributed by atoms with Crippen LogP contribution in [0.2, 0.25) is 0 Å². The second-order valence-corrected chi connectivity index (χ2v) is 11.7. The van der Waals surface area contributed by atoms with Crippen molar-refractivity contribution in [1.82, 2.24) is 19.2 Å². The van der Waals surface area contributed by atoms with Crippen molar-refractivity contribution in [3.63, 3.8) is 0 Å². The van der Waals surface area contributed by atoms with Gasteiger partial charge in [0.15, 0.2) is 20.4 Å². The van der Waals surface area contributed by atoms with Crippen LogP contribution in [0.4, 0.5) is 0 Å². The molecule has 166 valence electrons. The number of unbranched alkanes of at least 4 members (excludes halogenated alkanes) is 1. The Morgan fingerprint density at radius 2 is 2.27 bits per heavy atom. The Balaban J connectivity index is 1.62. The van der Waals surface area contributed by atoms with E-state index in [0.717, 1.165) is 49.5 Å². The van der Waals surface area contributed by atoms with Gasteiger partial charge >= 0.3 is 0 Å². The van der Waals surface area contributed by atoms with E-state index in [9.17, 15) is 8.42 Å². The van der Waals surface area contributed by atoms with Crippen molar-refractivity contribution in [3.05, 3.63) is 22.3 Å². The molecule has 2 saturated heterocycles. The SMILES string of the molecule is CCCCN(Cn1nc(-c2cccs2)n(C[C@@H]2CCCO2)c1=S)[C@H]1CCS(=O)(=O)C1. The maximum absolute atomic E-state index is 12.1. The maximum atomic E-state index is 12.1. The fourth-order valence-corrected chi connectivity index (χ4v) is 6.98. The van der Waals surface area contributed by atoms with Gasteiger partial charge in [0.05, 0.1) is 35.7 Å². The Hall–Kier alpha value is -1.07. The fraction of sp³-hybridized carbons (Fsp3) is 0.700. The molecule has 30 heavy (non-hydrogen) atoms. The summed E-state index contributed by atoms with van der Waals surface area (Å²) < 4.78 is 34.6. The zero-order valence-electron chi connectivity index (χ0n) is 17.4. The molecule has 0 aromatic carbocycles. The molecule has 7 nitrogen and oxygen atoms in total. The standard InChI is InChI=1S/C20H30N4O3S3/c1-2-3-9-22(16-8-12-30(25,26)14-16)15-24-20(28)23(13-17-6-4-10-27-17)19(21-24)18-7-5-11-29-18/h5,7,11,16-17H,2-4,6,8-10,12-15H2,1H3/t16-,17-/m0/s1. The molecule has 0 bridgehead atoms. The lowest BCUT2D eigenvalue weighted by Crippen LogP contribution is -2.38. The molecule has 2 aliphatic rings. The van der Waals surface area contributed by atoms with E-state index in [1.807, 2.05) is 16.1 Å². The summed E-state index contributed by atoms with van der Waals surface area (Å²) in [5.41, 5.74) is 0. The minimum atomic E-state index is -2.94. The van der Waals surface area contributed by atoms with Gasteiger partial charge in [0.25, 0.3) is 0 Å². The van der Waals surface area contributed by atoms with Crippen LogP contribution in [0.1, 0.15) is 39.0 Å². The summed E-state index contributed by atoms with van der Waals surface area (Å²) in [4.78, 5) is 3.34. The summed E-state index contributed by atoms with van der Waals surface area (Å²) in [6.07, 6.45) is 5.08. The highest BCUT2D eigenvalue weighted by Crippen LogP contribution is 2.26. The molecule has 2 atom stereocenters. The number of aromatic nitrogens is 3. The summed E-state index contributed by atoms with van der Waals surface area (Å²) >= 11 is 7.49. The molecule has 0 saturated carbocycles. The Bertz CT molecular complexity index is 991. The van der Waals surface area contributed by atoms with Crippen LogP contribution in [0.15, 0.2) is 17.5 Å². The van der Waals surface area contributed by atoms with Crippen LogP contribution < -0.4 is 0 Å². The van der Waals surface area contributed by atoms with Crippen LogP contribution >= 0.6 is 23.6 Å². The average molecular weight is 471 g/mol. The van der Waals surface area contributed by atoms with Gasteiger partial charge < -0.3 is 4.74 Å². The molecule has 2 aromatic rings. The molecule has 0 aliphatic carbocycles. The Morgan fingerprint density at radius 3 is 2.90 bits per heavy atom. The highest BCUT2D eigenvalue weighted by molar-refractivity contribution is 7.91. The van der Waals surface area contributed by atoms with Gasteiger partial charge in [-0.05, 0) is 49.3 Å². The molecule has 0 spiro atoms. The molecule has 0 unspecified atom stereocenters. The van der Waals surface area contributed by atoms with Crippen molar-refractivity contribution >= 4 is 33.4 Å². The molecule has 0 amide bonds. The molecule has 4 heterocycles. The lowest BCUT2D eigenvalue weighted by molar-refractivity contribution is 0.0964. The van der Waals surface area contributed by atoms with Gasteiger partial charge in [-0.15, -0.1) is 16.4 Å². The zero-order chi connectivity index (χ0) is 21.1. The van der Waals surface area contributed by atoms with Crippen molar-refractivity contribution in [2.45, 2.75) is 64.4 Å². The molecule has 2 aromatic heterocycles. The van der Waals surface area contributed by atoms with E-state index in [2.05, 4.69) is 22.5 Å². The second kappa shape index (κ2) is 9.60. The van der Waals surface area contributed by atoms with E-state index in [0.29, 0.717) is 24.4 Å². The monoisotopic (exact) mass is 470 g/mol. The largest absolute Gasteiger partial charge is 0.376 e. The summed E-state index contributed by atoms with van der Waals surface area (Å²) in [5.74, 6) is 1.39. The number of thiophene rings is 1. The van der Waals surface area contributed by atoms with E-state index >= 15 is 0 Å². The van der Waals surface area contributed by atoms with Crippen LogP contribution in [-0.4, -0.2) is 64.5 Å². The number of hydrogen-bond acceptors (Lipinski definition) is 7. The minimum absolute atomic E-state index is 0.0388. The summed E-state index contributed by atoms with van der Waals surface area (Å²) in [7, 11) is -2.94. The van der Waals surface area contributed by atoms with Gasteiger partial charge in [-0.2, -0.15) is 0 Å². The topological polar surface area (TPSA) is 69.4 Å². The highest BCUT2D eigenvalue weighted by atomic mass is 32.2. The van der Waals surface area contributed by atoms with E-state index in [1.54, 1.807) is 11.3 Å². The van der Waals surface area contributed by atoms with Crippen molar-refractivity contribution < 1.29 is 13.2 Å². The summed E-state index contributed by atoms with van der Waals surface area (Å²) in [6.45, 7) is 5.04. The van der Waals surface area contributed by atoms with Gasteiger partial charge in [0, 0.05) is 19.2 Å². The molecular formula is C20H30N4O3S3. The molecular weight excluding hydrogens is 440 g/mol. The molecule has 10 heteroatoms. The summed E-state index contributed by atoms with van der Waals surface area (Å²) in [6, 6.07) is 4.13. The van der Waals surface area contributed by atoms with Gasteiger partial charge in [-0.25, -0.2) is 13.1 Å². The van der Waals surface area contributed by atoms with Crippen LogP contribution in [0.3, 0.4) is 0 Å². The lowest BCUT2D eigenvalue weighted by atomic mass is 10.2. The Labute approximate surface area is 187 Å². The minimum Gasteiger partial charge on any atom is -0.376 e. The number of sulfone groups is 1. The molecule has 0 radical (unpaired) electrons. The normalized spacial score (nSPS) is 23.5. The second-order valence-electron chi connectivity index (χ2n) is 8.19. The van der Waals surface area contributed by atoms with Crippen LogP contribution in [-0.2, 0) is 27.8 Å². The van der Waals surface area contributed by atoms with Gasteiger partial charge in [0.2, 0.25) is 0 Å². The summed E-state index contributed by atoms with van der Waals surface area (Å²) in [5, 5.41) is 6.94. The Morgan fingerprint density at radius 1 is 1.40 bits per heavy atom. The molecule has 2 aliphatic heterocycles. The Kier molecular flexibility index (Phi) is 7.08. The predicted octanol–water partition coefficient (Wildman–Crippen LogP) is 3.57. The molecule has 0 N–H and O–H groups in total. The predicted molar refractivity (Wildman–Crippen MR) is 122 cm³/mol. The highest BCUT2D eigenvalue weighted by Gasteiger charge is 2.32. The van der Waals surface area contributed by atoms with Gasteiger partial charge in [-0.1, -0.05) is 19.4 Å². The van der Waals surface area contributed by atoms with Gasteiger partial charge in [0.1, 0.15) is 0 Å². The maximum Gasteiger partial charge on any atom is 0.199 e. The van der Waals surface area contributed by atoms with E-state index < -0.39 is 9.84 Å². The van der Waals surface area contributed by atoms with Crippen LogP contribution in [0.25, 0.3) is 10.7 Å². The first kappa shape index (κ1) is 22.1. The number of hydrogen-bond donors (Lipinski definition) is 0. The van der Waals surface area contributed by atoms with E-state index in [-0.39, 0.29) is 23.7 Å². The first-order valence-corrected chi connectivity index (χ1v) is 13.9. The smallest absolute Gasteiger partial charge is 0.199 e. The van der Waals surface area contributed by atoms with Crippen LogP contribution in [0.5, 0.6) is 0 Å². The third-order valence-electron chi connectivity index (χ3n) is 5.91. The van der Waals surface area contributed by atoms with Crippen molar-refractivity contribution in [1.29, 1.82) is 0 Å². The molecule has 2 fully saturated rings. The zero-order valence-corrected chi connectivity index (χ0v) is 19.9. The van der Waals surface area contributed by atoms with E-state index in [4.69, 9.17) is 22.1 Å². The fourth-order valence-electron chi connectivity index (χ4n) is 4.24. The number of nitrogens with zero attached hydrogens (tertiary/aromatic N) is 4. The van der Waals surface area contributed by atoms with Gasteiger partial charge in [-0.3, -0.25) is 9.47 Å². The van der Waals surface area contributed by atoms with Crippen molar-refractivity contribution in [2.24, 2.45) is 0 Å². The first-order valence-electron chi connectivity index (χ1n) is 10.7. The lowest BCUT2D eigenvalue weighted by Gasteiger charge is -2.27. The molecule has 4 rings (SSSR count). The first-order chi connectivity index (χ1) is 14.5. The third kappa shape index (κ3) is 5.04. The van der Waals surface area contributed by atoms with Crippen molar-refractivity contribution in [3.8, 4) is 10.7 Å². The van der Waals surface area contributed by atoms with E-state index in [1.165, 1.54) is 0 Å². The number of ether oxygens (including phenoxy) is 1. The van der Waals surface area contributed by atoms with Crippen molar-refractivity contribution in [2.75, 3.05) is 24.7 Å². The number of rotatable bonds is 9. The average Bonchev–Trinajstić information content (AvgIpc) is 3.50. The van der Waals surface area contributed by atoms with Crippen LogP contribution in [0, 0.1) is 4.77 Å². The quantitative estimate of drug-likeness (QED) is 0.522. The third-order valence-corrected chi connectivity index (χ3v) is 8.96.